The molecule has 2 heterocycles. The molecule has 0 unspecified atom stereocenters. The minimum Gasteiger partial charge on any atom is -0.358 e. The molecule has 156 valence electrons. The van der Waals surface area contributed by atoms with E-state index in [2.05, 4.69) is 36.2 Å². The van der Waals surface area contributed by atoms with Crippen LogP contribution in [0.3, 0.4) is 0 Å². The van der Waals surface area contributed by atoms with Gasteiger partial charge in [0, 0.05) is 6.54 Å². The zero-order valence-corrected chi connectivity index (χ0v) is 17.5. The highest BCUT2D eigenvalue weighted by Gasteiger charge is 2.26. The zero-order chi connectivity index (χ0) is 20.5. The summed E-state index contributed by atoms with van der Waals surface area (Å²) < 4.78 is 7.03. The number of imidazole rings is 1. The predicted octanol–water partition coefficient (Wildman–Crippen LogP) is 5.34. The summed E-state index contributed by atoms with van der Waals surface area (Å²) in [6.45, 7) is 7.47. The van der Waals surface area contributed by atoms with Crippen molar-refractivity contribution in [1.82, 2.24) is 14.7 Å². The molecule has 0 atom stereocenters. The molecule has 2 aromatic heterocycles. The first-order valence-electron chi connectivity index (χ1n) is 10.3. The van der Waals surface area contributed by atoms with E-state index in [1.807, 2.05) is 0 Å². The lowest BCUT2D eigenvalue weighted by atomic mass is 10.1. The standard InChI is InChI=1S/C20H33N5O3/c1-5-6-7-8-12-16-18(19-22-14-17(24(19)4)25(26)27)23-28-20(16)21-13-10-9-11-15(2)3/h14-15,21H,5-13H2,1-4H3. The van der Waals surface area contributed by atoms with Gasteiger partial charge >= 0.3 is 5.82 Å². The molecular formula is C20H33N5O3. The summed E-state index contributed by atoms with van der Waals surface area (Å²) in [6.07, 6.45) is 10.0. The SMILES string of the molecule is CCCCCCc1c(-c2ncc([N+](=O)[O-])n2C)noc1NCCCCC(C)C. The van der Waals surface area contributed by atoms with Gasteiger partial charge in [0.1, 0.15) is 6.20 Å². The van der Waals surface area contributed by atoms with Crippen LogP contribution in [0.5, 0.6) is 0 Å². The minimum absolute atomic E-state index is 0.0573. The van der Waals surface area contributed by atoms with Gasteiger partial charge in [-0.3, -0.25) is 0 Å². The van der Waals surface area contributed by atoms with E-state index < -0.39 is 4.92 Å². The van der Waals surface area contributed by atoms with Crippen molar-refractivity contribution in [3.8, 4) is 11.5 Å². The van der Waals surface area contributed by atoms with E-state index in [0.717, 1.165) is 37.8 Å². The third-order valence-corrected chi connectivity index (χ3v) is 4.92. The summed E-state index contributed by atoms with van der Waals surface area (Å²) in [4.78, 5) is 14.9. The summed E-state index contributed by atoms with van der Waals surface area (Å²) in [5.74, 6) is 1.79. The minimum atomic E-state index is -0.439. The van der Waals surface area contributed by atoms with Crippen molar-refractivity contribution in [2.45, 2.75) is 72.1 Å². The topological polar surface area (TPSA) is 99.0 Å². The number of anilines is 1. The largest absolute Gasteiger partial charge is 0.358 e. The van der Waals surface area contributed by atoms with Crippen LogP contribution in [0, 0.1) is 16.0 Å². The molecule has 0 bridgehead atoms. The molecule has 0 aliphatic rings. The number of nitrogens with one attached hydrogen (secondary N) is 1. The molecular weight excluding hydrogens is 358 g/mol. The second-order valence-corrected chi connectivity index (χ2v) is 7.72. The Hall–Kier alpha value is -2.38. The molecule has 0 amide bonds. The lowest BCUT2D eigenvalue weighted by Gasteiger charge is -2.07. The second-order valence-electron chi connectivity index (χ2n) is 7.72. The molecule has 1 N–H and O–H groups in total. The predicted molar refractivity (Wildman–Crippen MR) is 110 cm³/mol. The Morgan fingerprint density at radius 1 is 1.25 bits per heavy atom. The Morgan fingerprint density at radius 2 is 2.04 bits per heavy atom. The van der Waals surface area contributed by atoms with Crippen molar-refractivity contribution in [3.63, 3.8) is 0 Å². The highest BCUT2D eigenvalue weighted by molar-refractivity contribution is 5.63. The molecule has 0 spiro atoms. The fourth-order valence-electron chi connectivity index (χ4n) is 3.25. The Labute approximate surface area is 166 Å². The third-order valence-electron chi connectivity index (χ3n) is 4.92. The first-order valence-corrected chi connectivity index (χ1v) is 10.3. The van der Waals surface area contributed by atoms with Crippen molar-refractivity contribution in [3.05, 3.63) is 21.9 Å². The zero-order valence-electron chi connectivity index (χ0n) is 17.5. The molecule has 0 aromatic carbocycles. The smallest absolute Gasteiger partial charge is 0.342 e. The number of rotatable bonds is 13. The van der Waals surface area contributed by atoms with E-state index in [1.165, 1.54) is 36.4 Å². The fraction of sp³-hybridized carbons (Fsp3) is 0.700. The maximum atomic E-state index is 11.1. The molecule has 0 aliphatic carbocycles. The third kappa shape index (κ3) is 5.81. The fourth-order valence-corrected chi connectivity index (χ4v) is 3.25. The monoisotopic (exact) mass is 391 g/mol. The van der Waals surface area contributed by atoms with Gasteiger partial charge in [-0.25, -0.2) is 9.55 Å². The molecule has 0 radical (unpaired) electrons. The Kier molecular flexibility index (Phi) is 8.47. The van der Waals surface area contributed by atoms with Crippen LogP contribution in [0.1, 0.15) is 71.3 Å². The van der Waals surface area contributed by atoms with Gasteiger partial charge < -0.3 is 20.0 Å². The van der Waals surface area contributed by atoms with Crippen LogP contribution in [-0.2, 0) is 13.5 Å². The summed E-state index contributed by atoms with van der Waals surface area (Å²) in [6, 6.07) is 0. The number of nitro groups is 1. The lowest BCUT2D eigenvalue weighted by Crippen LogP contribution is -2.05. The van der Waals surface area contributed by atoms with E-state index in [-0.39, 0.29) is 5.82 Å². The van der Waals surface area contributed by atoms with E-state index in [1.54, 1.807) is 7.05 Å². The molecule has 0 saturated heterocycles. The van der Waals surface area contributed by atoms with Gasteiger partial charge in [0.2, 0.25) is 5.88 Å². The summed E-state index contributed by atoms with van der Waals surface area (Å²) in [7, 11) is 1.63. The van der Waals surface area contributed by atoms with Crippen LogP contribution in [0.25, 0.3) is 11.5 Å². The van der Waals surface area contributed by atoms with Gasteiger partial charge in [-0.05, 0) is 30.1 Å². The van der Waals surface area contributed by atoms with Crippen molar-refractivity contribution >= 4 is 11.7 Å². The van der Waals surface area contributed by atoms with E-state index in [4.69, 9.17) is 4.52 Å². The van der Waals surface area contributed by atoms with E-state index in [0.29, 0.717) is 23.3 Å². The van der Waals surface area contributed by atoms with Crippen LogP contribution in [0.2, 0.25) is 0 Å². The maximum Gasteiger partial charge on any atom is 0.342 e. The number of hydrogen-bond donors (Lipinski definition) is 1. The molecule has 2 aromatic rings. The molecule has 2 rings (SSSR count). The number of aromatic nitrogens is 3. The van der Waals surface area contributed by atoms with Gasteiger partial charge in [0.25, 0.3) is 5.82 Å². The normalized spacial score (nSPS) is 11.3. The molecule has 8 nitrogen and oxygen atoms in total. The van der Waals surface area contributed by atoms with Gasteiger partial charge in [0.05, 0.1) is 12.6 Å². The average molecular weight is 392 g/mol. The summed E-state index contributed by atoms with van der Waals surface area (Å²) in [5, 5.41) is 18.7. The van der Waals surface area contributed by atoms with Crippen LogP contribution in [-0.4, -0.2) is 26.2 Å². The quantitative estimate of drug-likeness (QED) is 0.281. The van der Waals surface area contributed by atoms with Crippen LogP contribution >= 0.6 is 0 Å². The lowest BCUT2D eigenvalue weighted by molar-refractivity contribution is -0.391. The van der Waals surface area contributed by atoms with Gasteiger partial charge in [-0.1, -0.05) is 58.0 Å². The number of nitrogens with zero attached hydrogens (tertiary/aromatic N) is 4. The molecule has 0 saturated carbocycles. The summed E-state index contributed by atoms with van der Waals surface area (Å²) >= 11 is 0. The highest BCUT2D eigenvalue weighted by Crippen LogP contribution is 2.31. The molecule has 28 heavy (non-hydrogen) atoms. The van der Waals surface area contributed by atoms with Gasteiger partial charge in [-0.15, -0.1) is 0 Å². The summed E-state index contributed by atoms with van der Waals surface area (Å²) in [5.41, 5.74) is 1.56. The van der Waals surface area contributed by atoms with E-state index in [9.17, 15) is 10.1 Å². The van der Waals surface area contributed by atoms with Crippen molar-refractivity contribution in [2.75, 3.05) is 11.9 Å². The van der Waals surface area contributed by atoms with Crippen molar-refractivity contribution in [1.29, 1.82) is 0 Å². The van der Waals surface area contributed by atoms with Crippen LogP contribution in [0.15, 0.2) is 10.7 Å². The second kappa shape index (κ2) is 10.8. The van der Waals surface area contributed by atoms with Crippen LogP contribution < -0.4 is 5.32 Å². The average Bonchev–Trinajstić information content (AvgIpc) is 3.21. The first-order chi connectivity index (χ1) is 13.5. The molecule has 8 heteroatoms. The Morgan fingerprint density at radius 3 is 2.68 bits per heavy atom. The van der Waals surface area contributed by atoms with Crippen molar-refractivity contribution < 1.29 is 9.45 Å². The Balaban J connectivity index is 2.15. The van der Waals surface area contributed by atoms with Crippen LogP contribution in [0.4, 0.5) is 11.7 Å². The maximum absolute atomic E-state index is 11.1. The number of unbranched alkanes of at least 4 members (excludes halogenated alkanes) is 4. The number of hydrogen-bond acceptors (Lipinski definition) is 6. The van der Waals surface area contributed by atoms with Gasteiger partial charge in [-0.2, -0.15) is 0 Å². The first kappa shape index (κ1) is 21.9. The molecule has 0 fully saturated rings. The van der Waals surface area contributed by atoms with E-state index >= 15 is 0 Å². The van der Waals surface area contributed by atoms with Gasteiger partial charge in [0.15, 0.2) is 5.69 Å². The Bertz CT molecular complexity index is 751. The van der Waals surface area contributed by atoms with Crippen molar-refractivity contribution in [2.24, 2.45) is 13.0 Å². The molecule has 0 aliphatic heterocycles. The highest BCUT2D eigenvalue weighted by atomic mass is 16.6.